The van der Waals surface area contributed by atoms with E-state index in [0.29, 0.717) is 0 Å². The minimum Gasteiger partial charge on any atom is -0.490 e. The topological polar surface area (TPSA) is 24.5 Å². The molecule has 0 fully saturated rings. The van der Waals surface area contributed by atoms with Crippen LogP contribution in [-0.2, 0) is 12.8 Å². The van der Waals surface area contributed by atoms with Crippen LogP contribution in [0.3, 0.4) is 0 Å². The molecule has 0 bridgehead atoms. The summed E-state index contributed by atoms with van der Waals surface area (Å²) in [6.45, 7) is 3.91. The first kappa shape index (κ1) is 13.5. The second-order valence-corrected chi connectivity index (χ2v) is 6.08. The molecule has 0 radical (unpaired) electrons. The SMILES string of the molecule is c1ccc2c(c1)CCCN2CCc1ccc2c(c1)NCCO2. The van der Waals surface area contributed by atoms with Crippen LogP contribution >= 0.6 is 0 Å². The Morgan fingerprint density at radius 3 is 3.09 bits per heavy atom. The largest absolute Gasteiger partial charge is 0.490 e. The molecule has 2 aliphatic heterocycles. The number of nitrogens with zero attached hydrogens (tertiary/aromatic N) is 1. The predicted octanol–water partition coefficient (Wildman–Crippen LogP) is 3.49. The lowest BCUT2D eigenvalue weighted by atomic mass is 10.0. The Balaban J connectivity index is 1.47. The van der Waals surface area contributed by atoms with Gasteiger partial charge in [0.25, 0.3) is 0 Å². The highest BCUT2D eigenvalue weighted by molar-refractivity contribution is 5.60. The molecule has 2 heterocycles. The Hall–Kier alpha value is -2.16. The standard InChI is InChI=1S/C19H22N2O/c1-2-6-18-16(4-1)5-3-11-21(18)12-9-15-7-8-19-17(14-15)20-10-13-22-19/h1-2,4,6-8,14,20H,3,5,9-13H2. The fourth-order valence-electron chi connectivity index (χ4n) is 3.45. The molecule has 0 amide bonds. The smallest absolute Gasteiger partial charge is 0.142 e. The number of para-hydroxylation sites is 1. The van der Waals surface area contributed by atoms with Crippen molar-refractivity contribution in [3.63, 3.8) is 0 Å². The van der Waals surface area contributed by atoms with E-state index >= 15 is 0 Å². The second kappa shape index (κ2) is 5.91. The molecule has 3 nitrogen and oxygen atoms in total. The van der Waals surface area contributed by atoms with Crippen molar-refractivity contribution < 1.29 is 4.74 Å². The van der Waals surface area contributed by atoms with Crippen LogP contribution in [0.2, 0.25) is 0 Å². The van der Waals surface area contributed by atoms with Gasteiger partial charge in [0, 0.05) is 25.3 Å². The van der Waals surface area contributed by atoms with Gasteiger partial charge in [0.15, 0.2) is 0 Å². The summed E-state index contributed by atoms with van der Waals surface area (Å²) in [7, 11) is 0. The van der Waals surface area contributed by atoms with Crippen molar-refractivity contribution in [3.05, 3.63) is 53.6 Å². The van der Waals surface area contributed by atoms with E-state index in [0.717, 1.165) is 37.6 Å². The Morgan fingerprint density at radius 2 is 2.09 bits per heavy atom. The van der Waals surface area contributed by atoms with Gasteiger partial charge in [0.05, 0.1) is 5.69 Å². The third-order valence-electron chi connectivity index (χ3n) is 4.60. The summed E-state index contributed by atoms with van der Waals surface area (Å²) >= 11 is 0. The maximum absolute atomic E-state index is 5.65. The summed E-state index contributed by atoms with van der Waals surface area (Å²) in [5.74, 6) is 0.985. The summed E-state index contributed by atoms with van der Waals surface area (Å²) in [5, 5.41) is 3.42. The molecule has 2 aromatic rings. The molecule has 0 saturated carbocycles. The van der Waals surface area contributed by atoms with Gasteiger partial charge in [0.1, 0.15) is 12.4 Å². The first-order chi connectivity index (χ1) is 10.9. The van der Waals surface area contributed by atoms with Crippen LogP contribution in [0, 0.1) is 0 Å². The van der Waals surface area contributed by atoms with Gasteiger partial charge < -0.3 is 15.0 Å². The predicted molar refractivity (Wildman–Crippen MR) is 91.1 cm³/mol. The van der Waals surface area contributed by atoms with Gasteiger partial charge in [0.2, 0.25) is 0 Å². The molecular formula is C19H22N2O. The minimum absolute atomic E-state index is 0.761. The lowest BCUT2D eigenvalue weighted by Crippen LogP contribution is -2.31. The van der Waals surface area contributed by atoms with Gasteiger partial charge >= 0.3 is 0 Å². The lowest BCUT2D eigenvalue weighted by molar-refractivity contribution is 0.323. The molecule has 0 unspecified atom stereocenters. The number of nitrogens with one attached hydrogen (secondary N) is 1. The third kappa shape index (κ3) is 2.63. The van der Waals surface area contributed by atoms with E-state index in [1.54, 1.807) is 0 Å². The van der Waals surface area contributed by atoms with Crippen molar-refractivity contribution >= 4 is 11.4 Å². The minimum atomic E-state index is 0.761. The van der Waals surface area contributed by atoms with Crippen molar-refractivity contribution in [3.8, 4) is 5.75 Å². The molecule has 0 saturated heterocycles. The van der Waals surface area contributed by atoms with Gasteiger partial charge in [-0.2, -0.15) is 0 Å². The Kier molecular flexibility index (Phi) is 3.63. The highest BCUT2D eigenvalue weighted by atomic mass is 16.5. The zero-order valence-corrected chi connectivity index (χ0v) is 12.8. The number of hydrogen-bond acceptors (Lipinski definition) is 3. The fourth-order valence-corrected chi connectivity index (χ4v) is 3.45. The van der Waals surface area contributed by atoms with Gasteiger partial charge in [-0.1, -0.05) is 24.3 Å². The molecule has 22 heavy (non-hydrogen) atoms. The van der Waals surface area contributed by atoms with Gasteiger partial charge in [-0.25, -0.2) is 0 Å². The van der Waals surface area contributed by atoms with Crippen molar-refractivity contribution in [1.29, 1.82) is 0 Å². The molecule has 1 N–H and O–H groups in total. The molecule has 2 aliphatic rings. The number of benzene rings is 2. The maximum atomic E-state index is 5.65. The van der Waals surface area contributed by atoms with Crippen molar-refractivity contribution in [2.75, 3.05) is 36.5 Å². The van der Waals surface area contributed by atoms with E-state index in [1.807, 2.05) is 0 Å². The summed E-state index contributed by atoms with van der Waals surface area (Å²) in [6, 6.07) is 15.4. The van der Waals surface area contributed by atoms with E-state index in [1.165, 1.54) is 36.2 Å². The first-order valence-corrected chi connectivity index (χ1v) is 8.22. The summed E-state index contributed by atoms with van der Waals surface area (Å²) in [4.78, 5) is 2.53. The Bertz CT molecular complexity index is 668. The molecular weight excluding hydrogens is 272 g/mol. The van der Waals surface area contributed by atoms with E-state index in [4.69, 9.17) is 4.74 Å². The lowest BCUT2D eigenvalue weighted by Gasteiger charge is -2.31. The molecule has 4 rings (SSSR count). The van der Waals surface area contributed by atoms with Crippen LogP contribution in [0.15, 0.2) is 42.5 Å². The quantitative estimate of drug-likeness (QED) is 0.938. The molecule has 0 spiro atoms. The summed E-state index contributed by atoms with van der Waals surface area (Å²) in [6.07, 6.45) is 3.55. The van der Waals surface area contributed by atoms with Gasteiger partial charge in [-0.05, 0) is 48.6 Å². The normalized spacial score (nSPS) is 16.3. The molecule has 2 aromatic carbocycles. The van der Waals surface area contributed by atoms with E-state index in [-0.39, 0.29) is 0 Å². The first-order valence-electron chi connectivity index (χ1n) is 8.22. The number of fused-ring (bicyclic) bond motifs is 2. The average molecular weight is 294 g/mol. The Morgan fingerprint density at radius 1 is 1.14 bits per heavy atom. The zero-order valence-electron chi connectivity index (χ0n) is 12.8. The molecule has 0 atom stereocenters. The van der Waals surface area contributed by atoms with Crippen LogP contribution < -0.4 is 15.0 Å². The molecule has 0 aliphatic carbocycles. The third-order valence-corrected chi connectivity index (χ3v) is 4.60. The number of anilines is 2. The summed E-state index contributed by atoms with van der Waals surface area (Å²) < 4.78 is 5.65. The van der Waals surface area contributed by atoms with Crippen LogP contribution in [0.4, 0.5) is 11.4 Å². The number of hydrogen-bond donors (Lipinski definition) is 1. The van der Waals surface area contributed by atoms with Gasteiger partial charge in [-0.15, -0.1) is 0 Å². The maximum Gasteiger partial charge on any atom is 0.142 e. The van der Waals surface area contributed by atoms with E-state index < -0.39 is 0 Å². The zero-order chi connectivity index (χ0) is 14.8. The number of ether oxygens (including phenoxy) is 1. The van der Waals surface area contributed by atoms with Crippen LogP contribution in [-0.4, -0.2) is 26.2 Å². The van der Waals surface area contributed by atoms with Gasteiger partial charge in [-0.3, -0.25) is 0 Å². The van der Waals surface area contributed by atoms with Crippen molar-refractivity contribution in [2.45, 2.75) is 19.3 Å². The van der Waals surface area contributed by atoms with Crippen molar-refractivity contribution in [1.82, 2.24) is 0 Å². The van der Waals surface area contributed by atoms with E-state index in [2.05, 4.69) is 52.7 Å². The van der Waals surface area contributed by atoms with Crippen molar-refractivity contribution in [2.24, 2.45) is 0 Å². The monoisotopic (exact) mass is 294 g/mol. The average Bonchev–Trinajstić information content (AvgIpc) is 2.60. The second-order valence-electron chi connectivity index (χ2n) is 6.08. The summed E-state index contributed by atoms with van der Waals surface area (Å²) in [5.41, 5.74) is 5.44. The highest BCUT2D eigenvalue weighted by Crippen LogP contribution is 2.29. The molecule has 0 aromatic heterocycles. The Labute approximate surface area is 131 Å². The van der Waals surface area contributed by atoms with E-state index in [9.17, 15) is 0 Å². The highest BCUT2D eigenvalue weighted by Gasteiger charge is 2.16. The number of aryl methyl sites for hydroxylation is 1. The van der Waals surface area contributed by atoms with Crippen LogP contribution in [0.5, 0.6) is 5.75 Å². The van der Waals surface area contributed by atoms with Crippen LogP contribution in [0.1, 0.15) is 17.5 Å². The molecule has 3 heteroatoms. The fraction of sp³-hybridized carbons (Fsp3) is 0.368. The number of rotatable bonds is 3. The molecule has 114 valence electrons. The van der Waals surface area contributed by atoms with Crippen LogP contribution in [0.25, 0.3) is 0 Å².